The van der Waals surface area contributed by atoms with Gasteiger partial charge in [0.05, 0.1) is 26.0 Å². The number of anilines is 1. The van der Waals surface area contributed by atoms with Crippen molar-refractivity contribution in [1.82, 2.24) is 15.1 Å². The number of hydrogen-bond acceptors (Lipinski definition) is 4. The minimum absolute atomic E-state index is 0.368. The zero-order chi connectivity index (χ0) is 16.1. The van der Waals surface area contributed by atoms with Gasteiger partial charge < -0.3 is 15.0 Å². The molecule has 2 heterocycles. The molecule has 2 aromatic rings. The van der Waals surface area contributed by atoms with Crippen molar-refractivity contribution < 1.29 is 4.74 Å². The highest BCUT2D eigenvalue weighted by atomic mass is 16.5. The van der Waals surface area contributed by atoms with Gasteiger partial charge in [-0.25, -0.2) is 0 Å². The van der Waals surface area contributed by atoms with Gasteiger partial charge in [0.25, 0.3) is 0 Å². The van der Waals surface area contributed by atoms with Crippen molar-refractivity contribution in [2.45, 2.75) is 33.0 Å². The topological polar surface area (TPSA) is 42.3 Å². The van der Waals surface area contributed by atoms with E-state index >= 15 is 0 Å². The van der Waals surface area contributed by atoms with Crippen LogP contribution >= 0.6 is 0 Å². The predicted octanol–water partition coefficient (Wildman–Crippen LogP) is 2.21. The summed E-state index contributed by atoms with van der Waals surface area (Å²) in [5.41, 5.74) is 3.87. The molecule has 0 amide bonds. The van der Waals surface area contributed by atoms with E-state index in [2.05, 4.69) is 59.6 Å². The Hall–Kier alpha value is -1.85. The Balaban J connectivity index is 1.59. The van der Waals surface area contributed by atoms with Crippen LogP contribution < -0.4 is 10.2 Å². The normalized spacial score (nSPS) is 16.5. The van der Waals surface area contributed by atoms with Crippen molar-refractivity contribution >= 4 is 5.69 Å². The molecule has 3 rings (SSSR count). The summed E-state index contributed by atoms with van der Waals surface area (Å²) in [6, 6.07) is 9.02. The van der Waals surface area contributed by atoms with Gasteiger partial charge in [0, 0.05) is 37.6 Å². The van der Waals surface area contributed by atoms with E-state index < -0.39 is 0 Å². The molecule has 124 valence electrons. The van der Waals surface area contributed by atoms with Crippen LogP contribution in [0, 0.1) is 6.92 Å². The average Bonchev–Trinajstić information content (AvgIpc) is 2.99. The predicted molar refractivity (Wildman–Crippen MR) is 92.7 cm³/mol. The van der Waals surface area contributed by atoms with Crippen molar-refractivity contribution in [1.29, 1.82) is 0 Å². The highest BCUT2D eigenvalue weighted by molar-refractivity contribution is 5.53. The molecule has 1 aliphatic rings. The second-order valence-corrected chi connectivity index (χ2v) is 6.25. The lowest BCUT2D eigenvalue weighted by Gasteiger charge is -2.31. The maximum atomic E-state index is 5.46. The SMILES string of the molecule is Cc1cnn(CC(C)NCc2ccccc2N2CCOCC2)c1. The molecule has 23 heavy (non-hydrogen) atoms. The molecule has 0 saturated carbocycles. The van der Waals surface area contributed by atoms with Gasteiger partial charge in [0.2, 0.25) is 0 Å². The molecule has 0 aliphatic carbocycles. The molecule has 1 unspecified atom stereocenters. The van der Waals surface area contributed by atoms with Crippen molar-refractivity contribution in [3.05, 3.63) is 47.8 Å². The largest absolute Gasteiger partial charge is 0.378 e. The average molecular weight is 314 g/mol. The molecular formula is C18H26N4O. The fourth-order valence-corrected chi connectivity index (χ4v) is 2.97. The first kappa shape index (κ1) is 16.0. The number of morpholine rings is 1. The Bertz CT molecular complexity index is 619. The third-order valence-electron chi connectivity index (χ3n) is 4.21. The Labute approximate surface area is 138 Å². The first-order valence-electron chi connectivity index (χ1n) is 8.35. The van der Waals surface area contributed by atoms with Gasteiger partial charge in [0.15, 0.2) is 0 Å². The molecule has 1 N–H and O–H groups in total. The third-order valence-corrected chi connectivity index (χ3v) is 4.21. The molecule has 1 atom stereocenters. The van der Waals surface area contributed by atoms with Gasteiger partial charge in [0.1, 0.15) is 0 Å². The van der Waals surface area contributed by atoms with E-state index in [4.69, 9.17) is 4.74 Å². The summed E-state index contributed by atoms with van der Waals surface area (Å²) in [6.45, 7) is 9.60. The first-order chi connectivity index (χ1) is 11.2. The number of nitrogens with zero attached hydrogens (tertiary/aromatic N) is 3. The molecule has 0 spiro atoms. The van der Waals surface area contributed by atoms with Crippen LogP contribution in [0.3, 0.4) is 0 Å². The summed E-state index contributed by atoms with van der Waals surface area (Å²) < 4.78 is 7.46. The lowest BCUT2D eigenvalue weighted by atomic mass is 10.1. The summed E-state index contributed by atoms with van der Waals surface area (Å²) >= 11 is 0. The summed E-state index contributed by atoms with van der Waals surface area (Å²) in [5.74, 6) is 0. The fourth-order valence-electron chi connectivity index (χ4n) is 2.97. The van der Waals surface area contributed by atoms with Crippen molar-refractivity contribution in [2.24, 2.45) is 0 Å². The summed E-state index contributed by atoms with van der Waals surface area (Å²) in [4.78, 5) is 2.42. The number of rotatable bonds is 6. The monoisotopic (exact) mass is 314 g/mol. The van der Waals surface area contributed by atoms with Crippen molar-refractivity contribution in [3.63, 3.8) is 0 Å². The van der Waals surface area contributed by atoms with Crippen LogP contribution in [0.1, 0.15) is 18.1 Å². The van der Waals surface area contributed by atoms with E-state index in [1.807, 2.05) is 10.9 Å². The molecule has 1 saturated heterocycles. The number of hydrogen-bond donors (Lipinski definition) is 1. The zero-order valence-electron chi connectivity index (χ0n) is 14.0. The molecule has 0 radical (unpaired) electrons. The molecule has 5 nitrogen and oxygen atoms in total. The quantitative estimate of drug-likeness (QED) is 0.888. The Morgan fingerprint density at radius 1 is 1.26 bits per heavy atom. The molecule has 0 bridgehead atoms. The number of ether oxygens (including phenoxy) is 1. The lowest BCUT2D eigenvalue weighted by molar-refractivity contribution is 0.122. The second kappa shape index (κ2) is 7.62. The molecular weight excluding hydrogens is 288 g/mol. The van der Waals surface area contributed by atoms with E-state index in [0.717, 1.165) is 39.4 Å². The number of nitrogens with one attached hydrogen (secondary N) is 1. The minimum atomic E-state index is 0.368. The van der Waals surface area contributed by atoms with Crippen LogP contribution in [0.4, 0.5) is 5.69 Å². The molecule has 1 fully saturated rings. The lowest BCUT2D eigenvalue weighted by Crippen LogP contribution is -2.37. The zero-order valence-corrected chi connectivity index (χ0v) is 14.0. The van der Waals surface area contributed by atoms with Crippen LogP contribution in [-0.4, -0.2) is 42.1 Å². The summed E-state index contributed by atoms with van der Waals surface area (Å²) in [6.07, 6.45) is 3.99. The van der Waals surface area contributed by atoms with Crippen molar-refractivity contribution in [2.75, 3.05) is 31.2 Å². The van der Waals surface area contributed by atoms with Gasteiger partial charge in [-0.15, -0.1) is 0 Å². The van der Waals surface area contributed by atoms with Gasteiger partial charge in [-0.05, 0) is 31.0 Å². The van der Waals surface area contributed by atoms with E-state index in [0.29, 0.717) is 6.04 Å². The molecule has 1 aliphatic heterocycles. The maximum Gasteiger partial charge on any atom is 0.0642 e. The summed E-state index contributed by atoms with van der Waals surface area (Å²) in [5, 5.41) is 7.97. The van der Waals surface area contributed by atoms with Crippen LogP contribution in [0.25, 0.3) is 0 Å². The molecule has 5 heteroatoms. The third kappa shape index (κ3) is 4.33. The number of aromatic nitrogens is 2. The first-order valence-corrected chi connectivity index (χ1v) is 8.35. The van der Waals surface area contributed by atoms with Crippen molar-refractivity contribution in [3.8, 4) is 0 Å². The van der Waals surface area contributed by atoms with Crippen LogP contribution in [0.2, 0.25) is 0 Å². The van der Waals surface area contributed by atoms with E-state index in [1.54, 1.807) is 0 Å². The minimum Gasteiger partial charge on any atom is -0.378 e. The van der Waals surface area contributed by atoms with Gasteiger partial charge >= 0.3 is 0 Å². The maximum absolute atomic E-state index is 5.46. The van der Waals surface area contributed by atoms with E-state index in [-0.39, 0.29) is 0 Å². The smallest absolute Gasteiger partial charge is 0.0642 e. The Kier molecular flexibility index (Phi) is 5.31. The van der Waals surface area contributed by atoms with Crippen LogP contribution in [0.15, 0.2) is 36.7 Å². The second-order valence-electron chi connectivity index (χ2n) is 6.25. The van der Waals surface area contributed by atoms with Gasteiger partial charge in [-0.1, -0.05) is 18.2 Å². The number of aryl methyl sites for hydroxylation is 1. The number of benzene rings is 1. The Morgan fingerprint density at radius 2 is 2.04 bits per heavy atom. The van der Waals surface area contributed by atoms with Crippen LogP contribution in [-0.2, 0) is 17.8 Å². The van der Waals surface area contributed by atoms with E-state index in [1.165, 1.54) is 16.8 Å². The molecule has 1 aromatic heterocycles. The number of para-hydroxylation sites is 1. The summed E-state index contributed by atoms with van der Waals surface area (Å²) in [7, 11) is 0. The van der Waals surface area contributed by atoms with E-state index in [9.17, 15) is 0 Å². The van der Waals surface area contributed by atoms with Gasteiger partial charge in [-0.3, -0.25) is 4.68 Å². The standard InChI is InChI=1S/C18H26N4O/c1-15-11-20-22(13-15)14-16(2)19-12-17-5-3-4-6-18(17)21-7-9-23-10-8-21/h3-6,11,13,16,19H,7-10,12,14H2,1-2H3. The highest BCUT2D eigenvalue weighted by Gasteiger charge is 2.14. The molecule has 1 aromatic carbocycles. The Morgan fingerprint density at radius 3 is 2.78 bits per heavy atom. The van der Waals surface area contributed by atoms with Gasteiger partial charge in [-0.2, -0.15) is 5.10 Å². The van der Waals surface area contributed by atoms with Crippen LogP contribution in [0.5, 0.6) is 0 Å². The highest BCUT2D eigenvalue weighted by Crippen LogP contribution is 2.21. The fraction of sp³-hybridized carbons (Fsp3) is 0.500.